The number of carbonyl (C=O) groups excluding carboxylic acids is 1. The van der Waals surface area contributed by atoms with Gasteiger partial charge in [0.15, 0.2) is 5.69 Å². The molecule has 7 nitrogen and oxygen atoms in total. The molecule has 1 aromatic carbocycles. The van der Waals surface area contributed by atoms with Gasteiger partial charge >= 0.3 is 6.18 Å². The van der Waals surface area contributed by atoms with Crippen molar-refractivity contribution in [2.45, 2.75) is 19.6 Å². The summed E-state index contributed by atoms with van der Waals surface area (Å²) in [5.74, 6) is -0.730. The molecular weight excluding hydrogens is 349 g/mol. The molecule has 10 heteroatoms. The van der Waals surface area contributed by atoms with Crippen LogP contribution < -0.4 is 5.32 Å². The highest BCUT2D eigenvalue weighted by Crippen LogP contribution is 2.27. The van der Waals surface area contributed by atoms with Crippen LogP contribution in [0.4, 0.5) is 13.2 Å². The van der Waals surface area contributed by atoms with Crippen molar-refractivity contribution in [1.29, 1.82) is 0 Å². The molecule has 26 heavy (non-hydrogen) atoms. The molecule has 1 amide bonds. The molecule has 0 atom stereocenters. The Bertz CT molecular complexity index is 923. The van der Waals surface area contributed by atoms with E-state index in [-0.39, 0.29) is 23.8 Å². The number of para-hydroxylation sites is 1. The molecule has 3 aromatic rings. The lowest BCUT2D eigenvalue weighted by molar-refractivity contribution is -0.141. The van der Waals surface area contributed by atoms with Crippen LogP contribution in [-0.4, -0.2) is 30.9 Å². The van der Waals surface area contributed by atoms with Crippen LogP contribution in [0.2, 0.25) is 0 Å². The third-order valence-corrected chi connectivity index (χ3v) is 3.34. The minimum Gasteiger partial charge on any atom is -0.343 e. The second-order valence-corrected chi connectivity index (χ2v) is 5.38. The lowest BCUT2D eigenvalue weighted by Gasteiger charge is -2.09. The summed E-state index contributed by atoms with van der Waals surface area (Å²) in [6.45, 7) is 1.16. The Balaban J connectivity index is 1.70. The maximum atomic E-state index is 12.8. The van der Waals surface area contributed by atoms with Crippen molar-refractivity contribution in [3.63, 3.8) is 0 Å². The molecule has 3 rings (SSSR count). The zero-order valence-corrected chi connectivity index (χ0v) is 13.5. The van der Waals surface area contributed by atoms with E-state index in [1.165, 1.54) is 17.8 Å². The zero-order valence-electron chi connectivity index (χ0n) is 13.5. The van der Waals surface area contributed by atoms with Crippen molar-refractivity contribution in [3.05, 3.63) is 65.5 Å². The minimum atomic E-state index is -4.58. The molecule has 0 saturated heterocycles. The van der Waals surface area contributed by atoms with E-state index in [4.69, 9.17) is 0 Å². The van der Waals surface area contributed by atoms with E-state index < -0.39 is 17.8 Å². The van der Waals surface area contributed by atoms with Crippen LogP contribution in [-0.2, 0) is 12.7 Å². The molecule has 0 saturated carbocycles. The van der Waals surface area contributed by atoms with Gasteiger partial charge in [0.1, 0.15) is 11.5 Å². The zero-order chi connectivity index (χ0) is 18.7. The predicted octanol–water partition coefficient (Wildman–Crippen LogP) is 2.31. The van der Waals surface area contributed by atoms with Crippen LogP contribution in [0.25, 0.3) is 5.69 Å². The Morgan fingerprint density at radius 2 is 1.92 bits per heavy atom. The lowest BCUT2D eigenvalue weighted by Crippen LogP contribution is -2.25. The third-order valence-electron chi connectivity index (χ3n) is 3.34. The number of hydrogen-bond acceptors (Lipinski definition) is 5. The van der Waals surface area contributed by atoms with E-state index in [0.29, 0.717) is 0 Å². The van der Waals surface area contributed by atoms with Crippen LogP contribution in [0.1, 0.15) is 27.7 Å². The van der Waals surface area contributed by atoms with Crippen LogP contribution >= 0.6 is 0 Å². The molecular formula is C16H13F3N6O. The number of alkyl halides is 3. The summed E-state index contributed by atoms with van der Waals surface area (Å²) in [6, 6.07) is 9.88. The largest absolute Gasteiger partial charge is 0.433 e. The first-order valence-electron chi connectivity index (χ1n) is 7.50. The molecule has 0 aliphatic carbocycles. The Kier molecular flexibility index (Phi) is 4.65. The predicted molar refractivity (Wildman–Crippen MR) is 84.3 cm³/mol. The first-order valence-corrected chi connectivity index (χ1v) is 7.50. The second-order valence-electron chi connectivity index (χ2n) is 5.38. The van der Waals surface area contributed by atoms with Crippen LogP contribution in [0.15, 0.2) is 42.6 Å². The van der Waals surface area contributed by atoms with Gasteiger partial charge in [-0.15, -0.1) is 5.10 Å². The molecule has 134 valence electrons. The molecule has 2 heterocycles. The van der Waals surface area contributed by atoms with Gasteiger partial charge in [0, 0.05) is 5.69 Å². The quantitative estimate of drug-likeness (QED) is 0.770. The Morgan fingerprint density at radius 1 is 1.19 bits per heavy atom. The van der Waals surface area contributed by atoms with E-state index in [0.717, 1.165) is 11.8 Å². The van der Waals surface area contributed by atoms with Crippen LogP contribution in [0, 0.1) is 6.92 Å². The summed E-state index contributed by atoms with van der Waals surface area (Å²) in [7, 11) is 0. The summed E-state index contributed by atoms with van der Waals surface area (Å²) >= 11 is 0. The van der Waals surface area contributed by atoms with E-state index in [9.17, 15) is 18.0 Å². The molecule has 0 bridgehead atoms. The van der Waals surface area contributed by atoms with Crippen molar-refractivity contribution in [3.8, 4) is 5.69 Å². The van der Waals surface area contributed by atoms with Gasteiger partial charge in [0.25, 0.3) is 5.91 Å². The monoisotopic (exact) mass is 362 g/mol. The highest BCUT2D eigenvalue weighted by atomic mass is 19.4. The summed E-state index contributed by atoms with van der Waals surface area (Å²) < 4.78 is 39.7. The number of aryl methyl sites for hydroxylation is 1. The number of rotatable bonds is 4. The molecule has 1 N–H and O–H groups in total. The van der Waals surface area contributed by atoms with E-state index >= 15 is 0 Å². The number of nitrogens with zero attached hydrogens (tertiary/aromatic N) is 5. The van der Waals surface area contributed by atoms with Gasteiger partial charge in [0.05, 0.1) is 18.4 Å². The van der Waals surface area contributed by atoms with E-state index in [2.05, 4.69) is 25.6 Å². The average molecular weight is 362 g/mol. The van der Waals surface area contributed by atoms with Gasteiger partial charge in [-0.05, 0) is 25.1 Å². The minimum absolute atomic E-state index is 0.0255. The molecule has 0 unspecified atom stereocenters. The summed E-state index contributed by atoms with van der Waals surface area (Å²) in [4.78, 5) is 19.5. The lowest BCUT2D eigenvalue weighted by atomic mass is 10.3. The van der Waals surface area contributed by atoms with E-state index in [1.54, 1.807) is 12.1 Å². The topological polar surface area (TPSA) is 85.6 Å². The molecule has 2 aromatic heterocycles. The first kappa shape index (κ1) is 17.5. The fraction of sp³-hybridized carbons (Fsp3) is 0.188. The first-order chi connectivity index (χ1) is 12.3. The maximum absolute atomic E-state index is 12.8. The van der Waals surface area contributed by atoms with Crippen molar-refractivity contribution in [2.24, 2.45) is 0 Å². The summed E-state index contributed by atoms with van der Waals surface area (Å²) in [5, 5.41) is 10.0. The number of carbonyl (C=O) groups is 1. The maximum Gasteiger partial charge on any atom is 0.433 e. The second kappa shape index (κ2) is 6.90. The van der Waals surface area contributed by atoms with Crippen LogP contribution in [0.3, 0.4) is 0 Å². The molecule has 0 aliphatic heterocycles. The smallest absolute Gasteiger partial charge is 0.343 e. The normalized spacial score (nSPS) is 11.4. The fourth-order valence-electron chi connectivity index (χ4n) is 2.18. The summed E-state index contributed by atoms with van der Waals surface area (Å²) in [5.41, 5.74) is -0.149. The Hall–Kier alpha value is -3.30. The van der Waals surface area contributed by atoms with Gasteiger partial charge in [-0.3, -0.25) is 4.79 Å². The number of hydrogen-bond donors (Lipinski definition) is 1. The SMILES string of the molecule is Cc1cc(C(F)(F)F)nc(CNC(=O)c2cn(-c3ccccc3)nn2)n1. The number of aromatic nitrogens is 5. The fourth-order valence-corrected chi connectivity index (χ4v) is 2.18. The van der Waals surface area contributed by atoms with Crippen molar-refractivity contribution in [2.75, 3.05) is 0 Å². The van der Waals surface area contributed by atoms with Crippen molar-refractivity contribution in [1.82, 2.24) is 30.3 Å². The highest BCUT2D eigenvalue weighted by molar-refractivity contribution is 5.91. The number of benzene rings is 1. The average Bonchev–Trinajstić information content (AvgIpc) is 3.09. The van der Waals surface area contributed by atoms with Gasteiger partial charge in [0.2, 0.25) is 0 Å². The molecule has 0 spiro atoms. The third kappa shape index (κ3) is 4.02. The standard InChI is InChI=1S/C16H13F3N6O/c1-10-7-13(16(17,18)19)22-14(21-10)8-20-15(26)12-9-25(24-23-12)11-5-3-2-4-6-11/h2-7,9H,8H2,1H3,(H,20,26). The van der Waals surface area contributed by atoms with Gasteiger partial charge < -0.3 is 5.32 Å². The molecule has 0 aliphatic rings. The van der Waals surface area contributed by atoms with Crippen LogP contribution in [0.5, 0.6) is 0 Å². The molecule has 0 radical (unpaired) electrons. The van der Waals surface area contributed by atoms with Crippen molar-refractivity contribution < 1.29 is 18.0 Å². The number of amides is 1. The van der Waals surface area contributed by atoms with Gasteiger partial charge in [-0.2, -0.15) is 13.2 Å². The molecule has 0 fully saturated rings. The van der Waals surface area contributed by atoms with E-state index in [1.807, 2.05) is 18.2 Å². The van der Waals surface area contributed by atoms with Crippen molar-refractivity contribution >= 4 is 5.91 Å². The Labute approximate surface area is 145 Å². The highest BCUT2D eigenvalue weighted by Gasteiger charge is 2.33. The van der Waals surface area contributed by atoms with Gasteiger partial charge in [-0.1, -0.05) is 23.4 Å². The number of halogens is 3. The Morgan fingerprint density at radius 3 is 2.62 bits per heavy atom. The van der Waals surface area contributed by atoms with Gasteiger partial charge in [-0.25, -0.2) is 14.6 Å². The summed E-state index contributed by atoms with van der Waals surface area (Å²) in [6.07, 6.45) is -3.16. The number of nitrogens with one attached hydrogen (secondary N) is 1.